The van der Waals surface area contributed by atoms with Crippen molar-refractivity contribution in [2.24, 2.45) is 0 Å². The predicted octanol–water partition coefficient (Wildman–Crippen LogP) is 4.83. The summed E-state index contributed by atoms with van der Waals surface area (Å²) in [5.74, 6) is 0.262. The molecule has 0 aliphatic carbocycles. The molecule has 0 aliphatic rings. The number of nitrogens with one attached hydrogen (secondary N) is 2. The second kappa shape index (κ2) is 8.49. The molecule has 0 heterocycles. The van der Waals surface area contributed by atoms with Crippen molar-refractivity contribution in [1.82, 2.24) is 0 Å². The maximum absolute atomic E-state index is 11.7. The van der Waals surface area contributed by atoms with Crippen molar-refractivity contribution in [2.75, 3.05) is 17.5 Å². The van der Waals surface area contributed by atoms with E-state index in [4.69, 9.17) is 14.3 Å². The molecule has 0 amide bonds. The lowest BCUT2D eigenvalue weighted by molar-refractivity contribution is 0.302. The Hall–Kier alpha value is -2.13. The summed E-state index contributed by atoms with van der Waals surface area (Å²) in [5.41, 5.74) is 7.73. The highest BCUT2D eigenvalue weighted by Crippen LogP contribution is 2.35. The van der Waals surface area contributed by atoms with Gasteiger partial charge in [-0.1, -0.05) is 12.1 Å². The van der Waals surface area contributed by atoms with E-state index >= 15 is 0 Å². The van der Waals surface area contributed by atoms with Crippen LogP contribution in [0.3, 0.4) is 0 Å². The fraction of sp³-hybridized carbons (Fsp3) is 0.133. The van der Waals surface area contributed by atoms with Gasteiger partial charge in [0.25, 0.3) is 0 Å². The third-order valence-electron chi connectivity index (χ3n) is 2.72. The van der Waals surface area contributed by atoms with Crippen LogP contribution in [-0.2, 0) is 9.09 Å². The van der Waals surface area contributed by atoms with Gasteiger partial charge in [-0.2, -0.15) is 5.26 Å². The van der Waals surface area contributed by atoms with Crippen LogP contribution in [0.2, 0.25) is 0 Å². The first-order valence-electron chi connectivity index (χ1n) is 6.73. The number of hydrazine groups is 1. The van der Waals surface area contributed by atoms with Gasteiger partial charge in [0, 0.05) is 15.1 Å². The van der Waals surface area contributed by atoms with Gasteiger partial charge in [-0.15, -0.1) is 4.52 Å². The lowest BCUT2D eigenvalue weighted by atomic mass is 10.2. The molecule has 8 heteroatoms. The Bertz CT molecular complexity index is 749. The molecule has 6 nitrogen and oxygen atoms in total. The van der Waals surface area contributed by atoms with Crippen LogP contribution in [0.5, 0.6) is 5.75 Å². The molecule has 0 bridgehead atoms. The fourth-order valence-electron chi connectivity index (χ4n) is 1.68. The molecule has 0 radical (unpaired) electrons. The SMILES string of the molecule is CCO[P+](=O)Oc1cc(C#N)ccc1NNc1ccccc1Br. The molecule has 2 aromatic rings. The van der Waals surface area contributed by atoms with Crippen molar-refractivity contribution in [1.29, 1.82) is 5.26 Å². The maximum atomic E-state index is 11.7. The van der Waals surface area contributed by atoms with Crippen LogP contribution < -0.4 is 15.4 Å². The zero-order valence-corrected chi connectivity index (χ0v) is 14.7. The summed E-state index contributed by atoms with van der Waals surface area (Å²) in [6.07, 6.45) is 0. The van der Waals surface area contributed by atoms with Gasteiger partial charge in [-0.3, -0.25) is 10.9 Å². The minimum absolute atomic E-state index is 0.262. The van der Waals surface area contributed by atoms with Gasteiger partial charge < -0.3 is 0 Å². The molecule has 2 N–H and O–H groups in total. The van der Waals surface area contributed by atoms with Crippen LogP contribution in [0, 0.1) is 11.3 Å². The second-order valence-corrected chi connectivity index (χ2v) is 6.03. The summed E-state index contributed by atoms with van der Waals surface area (Å²) in [6.45, 7) is 1.99. The van der Waals surface area contributed by atoms with E-state index in [0.29, 0.717) is 11.3 Å². The lowest BCUT2D eigenvalue weighted by Crippen LogP contribution is -2.10. The first-order chi connectivity index (χ1) is 11.1. The summed E-state index contributed by atoms with van der Waals surface area (Å²) in [7, 11) is -2.30. The minimum Gasteiger partial charge on any atom is -0.300 e. The number of rotatable bonds is 7. The van der Waals surface area contributed by atoms with Crippen LogP contribution in [-0.4, -0.2) is 6.61 Å². The number of benzene rings is 2. The van der Waals surface area contributed by atoms with Gasteiger partial charge in [-0.25, -0.2) is 4.52 Å². The highest BCUT2D eigenvalue weighted by atomic mass is 79.9. The molecule has 0 aromatic heterocycles. The van der Waals surface area contributed by atoms with Gasteiger partial charge >= 0.3 is 8.25 Å². The molecular weight excluding hydrogens is 381 g/mol. The maximum Gasteiger partial charge on any atom is 0.750 e. The molecule has 0 aliphatic heterocycles. The van der Waals surface area contributed by atoms with Crippen LogP contribution >= 0.6 is 24.2 Å². The number of para-hydroxylation sites is 1. The average molecular weight is 395 g/mol. The number of hydrogen-bond acceptors (Lipinski definition) is 6. The largest absolute Gasteiger partial charge is 0.750 e. The third-order valence-corrected chi connectivity index (χ3v) is 4.23. The number of anilines is 2. The molecule has 1 unspecified atom stereocenters. The quantitative estimate of drug-likeness (QED) is 0.516. The zero-order chi connectivity index (χ0) is 16.7. The summed E-state index contributed by atoms with van der Waals surface area (Å²) in [6, 6.07) is 14.4. The van der Waals surface area contributed by atoms with Crippen molar-refractivity contribution in [3.63, 3.8) is 0 Å². The van der Waals surface area contributed by atoms with E-state index in [1.807, 2.05) is 30.3 Å². The number of nitrogens with zero attached hydrogens (tertiary/aromatic N) is 1. The zero-order valence-electron chi connectivity index (χ0n) is 12.2. The number of hydrogen-bond donors (Lipinski definition) is 2. The molecule has 2 rings (SSSR count). The van der Waals surface area contributed by atoms with Crippen molar-refractivity contribution >= 4 is 35.6 Å². The number of halogens is 1. The van der Waals surface area contributed by atoms with E-state index in [1.165, 1.54) is 6.07 Å². The van der Waals surface area contributed by atoms with Gasteiger partial charge in [0.1, 0.15) is 12.3 Å². The molecular formula is C15H14BrN3O3P+. The Labute approximate surface area is 143 Å². The van der Waals surface area contributed by atoms with Crippen molar-refractivity contribution < 1.29 is 13.6 Å². The summed E-state index contributed by atoms with van der Waals surface area (Å²) < 4.78 is 22.7. The molecule has 0 saturated heterocycles. The van der Waals surface area contributed by atoms with Gasteiger partial charge in [0.05, 0.1) is 17.3 Å². The summed E-state index contributed by atoms with van der Waals surface area (Å²) in [4.78, 5) is 0. The number of nitriles is 1. The van der Waals surface area contributed by atoms with E-state index in [9.17, 15) is 4.57 Å². The van der Waals surface area contributed by atoms with Gasteiger partial charge in [-0.05, 0) is 47.1 Å². The van der Waals surface area contributed by atoms with Crippen molar-refractivity contribution in [3.05, 3.63) is 52.5 Å². The fourth-order valence-corrected chi connectivity index (χ4v) is 2.64. The van der Waals surface area contributed by atoms with Crippen molar-refractivity contribution in [3.8, 4) is 11.8 Å². The molecule has 23 heavy (non-hydrogen) atoms. The Morgan fingerprint density at radius 3 is 2.65 bits per heavy atom. The van der Waals surface area contributed by atoms with Crippen LogP contribution in [0.25, 0.3) is 0 Å². The molecule has 118 valence electrons. The first-order valence-corrected chi connectivity index (χ1v) is 8.61. The summed E-state index contributed by atoms with van der Waals surface area (Å²) >= 11 is 3.43. The summed E-state index contributed by atoms with van der Waals surface area (Å²) in [5, 5.41) is 8.98. The molecule has 1 atom stereocenters. The van der Waals surface area contributed by atoms with Crippen molar-refractivity contribution in [2.45, 2.75) is 6.92 Å². The van der Waals surface area contributed by atoms with E-state index in [-0.39, 0.29) is 12.4 Å². The Morgan fingerprint density at radius 2 is 1.96 bits per heavy atom. The van der Waals surface area contributed by atoms with Crippen LogP contribution in [0.4, 0.5) is 11.4 Å². The standard InChI is InChI=1S/C15H14BrN3O3P/c1-2-21-23(20)22-15-9-11(10-17)7-8-14(15)19-18-13-6-4-3-5-12(13)16/h3-9,18-19H,2H2,1H3/q+1. The van der Waals surface area contributed by atoms with Crippen LogP contribution in [0.1, 0.15) is 12.5 Å². The smallest absolute Gasteiger partial charge is 0.300 e. The highest BCUT2D eigenvalue weighted by Gasteiger charge is 2.23. The average Bonchev–Trinajstić information content (AvgIpc) is 2.55. The normalized spacial score (nSPS) is 10.6. The lowest BCUT2D eigenvalue weighted by Gasteiger charge is -2.12. The van der Waals surface area contributed by atoms with E-state index < -0.39 is 8.25 Å². The molecule has 2 aromatic carbocycles. The predicted molar refractivity (Wildman–Crippen MR) is 92.4 cm³/mol. The molecule has 0 saturated carbocycles. The van der Waals surface area contributed by atoms with Gasteiger partial charge in [0.2, 0.25) is 5.75 Å². The van der Waals surface area contributed by atoms with E-state index in [1.54, 1.807) is 19.1 Å². The van der Waals surface area contributed by atoms with E-state index in [0.717, 1.165) is 10.2 Å². The van der Waals surface area contributed by atoms with E-state index in [2.05, 4.69) is 26.8 Å². The first kappa shape index (κ1) is 17.2. The highest BCUT2D eigenvalue weighted by molar-refractivity contribution is 9.10. The van der Waals surface area contributed by atoms with Crippen LogP contribution in [0.15, 0.2) is 46.9 Å². The molecule has 0 spiro atoms. The minimum atomic E-state index is -2.30. The Morgan fingerprint density at radius 1 is 1.22 bits per heavy atom. The molecule has 0 fully saturated rings. The van der Waals surface area contributed by atoms with Gasteiger partial charge in [0.15, 0.2) is 0 Å². The monoisotopic (exact) mass is 394 g/mol. The Kier molecular flexibility index (Phi) is 6.36. The third kappa shape index (κ3) is 4.93. The Balaban J connectivity index is 2.18. The topological polar surface area (TPSA) is 83.4 Å². The second-order valence-electron chi connectivity index (χ2n) is 4.29.